The monoisotopic (exact) mass is 585 g/mol. The van der Waals surface area contributed by atoms with Gasteiger partial charge in [-0.05, 0) is 68.3 Å². The Morgan fingerprint density at radius 2 is 1.53 bits per heavy atom. The third kappa shape index (κ3) is 8.88. The second-order valence-corrected chi connectivity index (χ2v) is 12.0. The average Bonchev–Trinajstić information content (AvgIpc) is 3.03. The van der Waals surface area contributed by atoms with E-state index < -0.39 is 12.1 Å². The Hall–Kier alpha value is -3.75. The molecule has 1 heterocycles. The molecular formula is C35H47N5O3. The van der Waals surface area contributed by atoms with Crippen LogP contribution in [0.3, 0.4) is 0 Å². The Labute approximate surface area is 256 Å². The number of amides is 3. The summed E-state index contributed by atoms with van der Waals surface area (Å²) in [6.07, 6.45) is 3.29. The zero-order valence-electron chi connectivity index (χ0n) is 26.1. The summed E-state index contributed by atoms with van der Waals surface area (Å²) in [4.78, 5) is 47.0. The molecule has 2 N–H and O–H groups in total. The molecular weight excluding hydrogens is 538 g/mol. The van der Waals surface area contributed by atoms with E-state index in [1.54, 1.807) is 23.9 Å². The molecule has 1 fully saturated rings. The molecule has 3 aromatic carbocycles. The Bertz CT molecular complexity index is 1360. The van der Waals surface area contributed by atoms with Crippen LogP contribution in [0, 0.1) is 5.92 Å². The molecule has 3 aromatic rings. The van der Waals surface area contributed by atoms with Crippen molar-refractivity contribution in [1.29, 1.82) is 0 Å². The predicted octanol–water partition coefficient (Wildman–Crippen LogP) is 3.35. The van der Waals surface area contributed by atoms with Gasteiger partial charge in [0.1, 0.15) is 12.1 Å². The Kier molecular flexibility index (Phi) is 11.7. The highest BCUT2D eigenvalue weighted by molar-refractivity contribution is 5.93. The SMILES string of the molecule is CN(C)CCCNC(=O)[C@@H](Cc1ccccc1)N(C)C(=O)[C@@H](Cc1ccc2ccccc2c1)N(C)C(=O)[C@@H]1CCCNC1. The number of benzene rings is 3. The molecule has 8 nitrogen and oxygen atoms in total. The van der Waals surface area contributed by atoms with Gasteiger partial charge < -0.3 is 25.3 Å². The number of nitrogens with zero attached hydrogens (tertiary/aromatic N) is 3. The lowest BCUT2D eigenvalue weighted by atomic mass is 9.95. The highest BCUT2D eigenvalue weighted by Gasteiger charge is 2.37. The first-order chi connectivity index (χ1) is 20.7. The average molecular weight is 586 g/mol. The fourth-order valence-corrected chi connectivity index (χ4v) is 5.84. The molecule has 8 heteroatoms. The fraction of sp³-hybridized carbons (Fsp3) is 0.457. The Morgan fingerprint density at radius 1 is 0.837 bits per heavy atom. The van der Waals surface area contributed by atoms with E-state index in [1.807, 2.05) is 62.6 Å². The van der Waals surface area contributed by atoms with E-state index in [9.17, 15) is 14.4 Å². The van der Waals surface area contributed by atoms with Crippen LogP contribution < -0.4 is 10.6 Å². The number of likely N-dealkylation sites (N-methyl/N-ethyl adjacent to an activating group) is 2. The van der Waals surface area contributed by atoms with Crippen molar-refractivity contribution in [3.63, 3.8) is 0 Å². The van der Waals surface area contributed by atoms with Crippen LogP contribution in [0.1, 0.15) is 30.4 Å². The van der Waals surface area contributed by atoms with Gasteiger partial charge in [-0.3, -0.25) is 14.4 Å². The molecule has 0 radical (unpaired) electrons. The second-order valence-electron chi connectivity index (χ2n) is 12.0. The van der Waals surface area contributed by atoms with Gasteiger partial charge in [-0.15, -0.1) is 0 Å². The van der Waals surface area contributed by atoms with Crippen molar-refractivity contribution < 1.29 is 14.4 Å². The lowest BCUT2D eigenvalue weighted by Crippen LogP contribution is -2.57. The molecule has 0 unspecified atom stereocenters. The van der Waals surface area contributed by atoms with E-state index in [-0.39, 0.29) is 23.6 Å². The largest absolute Gasteiger partial charge is 0.354 e. The standard InChI is InChI=1S/C35H47N5O3/c1-38(2)21-11-20-37-33(41)31(23-26-12-6-5-7-13-26)39(3)35(43)32(40(4)34(42)30-16-10-19-36-25-30)24-27-17-18-28-14-8-9-15-29(28)22-27/h5-9,12-15,17-18,22,30-32,36H,10-11,16,19-21,23-25H2,1-4H3,(H,37,41)/t30-,31-,32-/m1/s1. The minimum atomic E-state index is -0.750. The van der Waals surface area contributed by atoms with Gasteiger partial charge in [-0.1, -0.05) is 72.8 Å². The Balaban J connectivity index is 1.61. The van der Waals surface area contributed by atoms with Crippen LogP contribution in [-0.4, -0.2) is 98.9 Å². The van der Waals surface area contributed by atoms with Crippen molar-refractivity contribution in [3.05, 3.63) is 83.9 Å². The van der Waals surface area contributed by atoms with Gasteiger partial charge in [0.25, 0.3) is 0 Å². The lowest BCUT2D eigenvalue weighted by molar-refractivity contribution is -0.149. The molecule has 3 atom stereocenters. The van der Waals surface area contributed by atoms with Crippen molar-refractivity contribution in [1.82, 2.24) is 25.3 Å². The summed E-state index contributed by atoms with van der Waals surface area (Å²) in [5.41, 5.74) is 1.94. The van der Waals surface area contributed by atoms with Gasteiger partial charge in [-0.2, -0.15) is 0 Å². The number of hydrogen-bond donors (Lipinski definition) is 2. The van der Waals surface area contributed by atoms with Crippen LogP contribution in [0.2, 0.25) is 0 Å². The smallest absolute Gasteiger partial charge is 0.246 e. The number of rotatable bonds is 13. The van der Waals surface area contributed by atoms with E-state index in [1.165, 1.54) is 0 Å². The van der Waals surface area contributed by atoms with Crippen LogP contribution in [0.15, 0.2) is 72.8 Å². The lowest BCUT2D eigenvalue weighted by Gasteiger charge is -2.36. The first kappa shape index (κ1) is 32.2. The van der Waals surface area contributed by atoms with Gasteiger partial charge >= 0.3 is 0 Å². The molecule has 3 amide bonds. The van der Waals surface area contributed by atoms with Crippen molar-refractivity contribution in [3.8, 4) is 0 Å². The number of piperidine rings is 1. The zero-order valence-corrected chi connectivity index (χ0v) is 26.1. The molecule has 0 saturated carbocycles. The van der Waals surface area contributed by atoms with Gasteiger partial charge in [0.05, 0.1) is 5.92 Å². The van der Waals surface area contributed by atoms with E-state index >= 15 is 0 Å². The number of hydrogen-bond acceptors (Lipinski definition) is 5. The molecule has 43 heavy (non-hydrogen) atoms. The van der Waals surface area contributed by atoms with Crippen LogP contribution in [0.25, 0.3) is 10.8 Å². The maximum Gasteiger partial charge on any atom is 0.246 e. The minimum absolute atomic E-state index is 0.0347. The van der Waals surface area contributed by atoms with Crippen molar-refractivity contribution in [2.45, 2.75) is 44.2 Å². The van der Waals surface area contributed by atoms with E-state index in [4.69, 9.17) is 0 Å². The minimum Gasteiger partial charge on any atom is -0.354 e. The van der Waals surface area contributed by atoms with Gasteiger partial charge in [0.15, 0.2) is 0 Å². The van der Waals surface area contributed by atoms with Crippen LogP contribution in [0.5, 0.6) is 0 Å². The summed E-state index contributed by atoms with van der Waals surface area (Å²) in [6.45, 7) is 2.90. The molecule has 1 aliphatic rings. The van der Waals surface area contributed by atoms with Gasteiger partial charge in [0.2, 0.25) is 17.7 Å². The van der Waals surface area contributed by atoms with E-state index in [0.717, 1.165) is 54.3 Å². The van der Waals surface area contributed by atoms with Crippen LogP contribution in [-0.2, 0) is 27.2 Å². The van der Waals surface area contributed by atoms with Crippen LogP contribution >= 0.6 is 0 Å². The van der Waals surface area contributed by atoms with Crippen molar-refractivity contribution in [2.24, 2.45) is 5.92 Å². The molecule has 0 aromatic heterocycles. The molecule has 230 valence electrons. The normalized spacial score (nSPS) is 16.4. The van der Waals surface area contributed by atoms with Gasteiger partial charge in [-0.25, -0.2) is 0 Å². The fourth-order valence-electron chi connectivity index (χ4n) is 5.84. The first-order valence-corrected chi connectivity index (χ1v) is 15.4. The van der Waals surface area contributed by atoms with Gasteiger partial charge in [0, 0.05) is 40.0 Å². The highest BCUT2D eigenvalue weighted by atomic mass is 16.2. The molecule has 0 spiro atoms. The predicted molar refractivity (Wildman–Crippen MR) is 173 cm³/mol. The van der Waals surface area contributed by atoms with E-state index in [0.29, 0.717) is 25.9 Å². The van der Waals surface area contributed by atoms with Crippen LogP contribution in [0.4, 0.5) is 0 Å². The first-order valence-electron chi connectivity index (χ1n) is 15.4. The number of fused-ring (bicyclic) bond motifs is 1. The van der Waals surface area contributed by atoms with Crippen molar-refractivity contribution >= 4 is 28.5 Å². The number of carbonyl (C=O) groups excluding carboxylic acids is 3. The highest BCUT2D eigenvalue weighted by Crippen LogP contribution is 2.22. The quantitative estimate of drug-likeness (QED) is 0.301. The summed E-state index contributed by atoms with van der Waals surface area (Å²) >= 11 is 0. The summed E-state index contributed by atoms with van der Waals surface area (Å²) in [6, 6.07) is 22.6. The zero-order chi connectivity index (χ0) is 30.8. The maximum atomic E-state index is 14.4. The summed E-state index contributed by atoms with van der Waals surface area (Å²) in [5, 5.41) is 8.59. The molecule has 1 saturated heterocycles. The molecule has 0 bridgehead atoms. The summed E-state index contributed by atoms with van der Waals surface area (Å²) < 4.78 is 0. The summed E-state index contributed by atoms with van der Waals surface area (Å²) in [7, 11) is 7.44. The molecule has 4 rings (SSSR count). The topological polar surface area (TPSA) is 85.0 Å². The maximum absolute atomic E-state index is 14.4. The second kappa shape index (κ2) is 15.6. The third-order valence-corrected chi connectivity index (χ3v) is 8.46. The summed E-state index contributed by atoms with van der Waals surface area (Å²) in [5.74, 6) is -0.630. The third-order valence-electron chi connectivity index (χ3n) is 8.46. The van der Waals surface area contributed by atoms with Crippen molar-refractivity contribution in [2.75, 3.05) is 54.4 Å². The Morgan fingerprint density at radius 3 is 2.23 bits per heavy atom. The number of carbonyl (C=O) groups is 3. The number of nitrogens with one attached hydrogen (secondary N) is 2. The molecule has 0 aliphatic carbocycles. The van der Waals surface area contributed by atoms with E-state index in [2.05, 4.69) is 39.8 Å². The molecule has 1 aliphatic heterocycles.